The lowest BCUT2D eigenvalue weighted by atomic mass is 9.84. The highest BCUT2D eigenvalue weighted by Crippen LogP contribution is 2.45. The minimum atomic E-state index is 0.415. The highest BCUT2D eigenvalue weighted by Gasteiger charge is 2.52. The maximum atomic E-state index is 3.57. The molecule has 0 radical (unpaired) electrons. The van der Waals surface area contributed by atoms with Crippen LogP contribution in [0.2, 0.25) is 0 Å². The van der Waals surface area contributed by atoms with E-state index < -0.39 is 0 Å². The number of likely N-dealkylation sites (tertiary alicyclic amines) is 1. The van der Waals surface area contributed by atoms with Crippen molar-refractivity contribution in [1.82, 2.24) is 10.2 Å². The fourth-order valence-electron chi connectivity index (χ4n) is 4.14. The summed E-state index contributed by atoms with van der Waals surface area (Å²) in [6.45, 7) is 11.2. The van der Waals surface area contributed by atoms with E-state index in [4.69, 9.17) is 0 Å². The highest BCUT2D eigenvalue weighted by atomic mass is 32.2. The maximum Gasteiger partial charge on any atom is 0.0225 e. The van der Waals surface area contributed by atoms with Gasteiger partial charge in [-0.25, -0.2) is 0 Å². The quantitative estimate of drug-likeness (QED) is 0.752. The molecule has 16 heavy (non-hydrogen) atoms. The van der Waals surface area contributed by atoms with Gasteiger partial charge in [0.2, 0.25) is 0 Å². The summed E-state index contributed by atoms with van der Waals surface area (Å²) < 4.78 is 0. The third kappa shape index (κ3) is 1.55. The maximum absolute atomic E-state index is 3.57. The van der Waals surface area contributed by atoms with E-state index in [1.807, 2.05) is 0 Å². The van der Waals surface area contributed by atoms with Crippen LogP contribution in [0.15, 0.2) is 0 Å². The van der Waals surface area contributed by atoms with Crippen molar-refractivity contribution in [1.29, 1.82) is 0 Å². The van der Waals surface area contributed by atoms with Crippen molar-refractivity contribution < 1.29 is 0 Å². The fourth-order valence-corrected chi connectivity index (χ4v) is 5.40. The van der Waals surface area contributed by atoms with Crippen LogP contribution >= 0.6 is 11.8 Å². The third-order valence-corrected chi connectivity index (χ3v) is 6.47. The van der Waals surface area contributed by atoms with Gasteiger partial charge in [0.05, 0.1) is 0 Å². The molecule has 4 atom stereocenters. The molecule has 0 amide bonds. The number of rotatable bonds is 1. The number of hydrogen-bond donors (Lipinski definition) is 1. The summed E-state index contributed by atoms with van der Waals surface area (Å²) in [6, 6.07) is 0.839. The first-order chi connectivity index (χ1) is 7.60. The Balaban J connectivity index is 1.81. The van der Waals surface area contributed by atoms with Gasteiger partial charge in [-0.05, 0) is 44.4 Å². The molecule has 3 fully saturated rings. The summed E-state index contributed by atoms with van der Waals surface area (Å²) in [5.41, 5.74) is 0.415. The molecule has 3 heterocycles. The van der Waals surface area contributed by atoms with Crippen molar-refractivity contribution in [2.45, 2.75) is 44.0 Å². The fraction of sp³-hybridized carbons (Fsp3) is 1.00. The predicted molar refractivity (Wildman–Crippen MR) is 71.0 cm³/mol. The first-order valence-corrected chi connectivity index (χ1v) is 7.74. The Bertz CT molecular complexity index is 279. The van der Waals surface area contributed by atoms with Gasteiger partial charge in [-0.2, -0.15) is 11.8 Å². The standard InChI is InChI=1S/C13H24N2S/c1-9-12(4-5-16-9)15-8-10-6-14-7-11(10)13(15,2)3/h9-12,14H,4-8H2,1-3H3. The zero-order chi connectivity index (χ0) is 11.3. The van der Waals surface area contributed by atoms with Gasteiger partial charge in [-0.15, -0.1) is 0 Å². The van der Waals surface area contributed by atoms with Gasteiger partial charge >= 0.3 is 0 Å². The molecule has 0 aromatic rings. The lowest BCUT2D eigenvalue weighted by Gasteiger charge is -2.41. The summed E-state index contributed by atoms with van der Waals surface area (Å²) in [4.78, 5) is 2.84. The number of thioether (sulfide) groups is 1. The summed E-state index contributed by atoms with van der Waals surface area (Å²) in [5.74, 6) is 3.16. The Morgan fingerprint density at radius 2 is 2.12 bits per heavy atom. The largest absolute Gasteiger partial charge is 0.316 e. The highest BCUT2D eigenvalue weighted by molar-refractivity contribution is 8.00. The van der Waals surface area contributed by atoms with Crippen LogP contribution in [-0.2, 0) is 0 Å². The van der Waals surface area contributed by atoms with Crippen molar-refractivity contribution in [3.05, 3.63) is 0 Å². The van der Waals surface area contributed by atoms with Crippen molar-refractivity contribution in [2.75, 3.05) is 25.4 Å². The van der Waals surface area contributed by atoms with Crippen LogP contribution in [-0.4, -0.2) is 47.1 Å². The molecule has 0 spiro atoms. The molecular formula is C13H24N2S. The average Bonchev–Trinajstić information content (AvgIpc) is 2.85. The van der Waals surface area contributed by atoms with E-state index in [0.29, 0.717) is 5.54 Å². The van der Waals surface area contributed by atoms with Gasteiger partial charge in [0.15, 0.2) is 0 Å². The van der Waals surface area contributed by atoms with E-state index in [-0.39, 0.29) is 0 Å². The van der Waals surface area contributed by atoms with Crippen LogP contribution < -0.4 is 5.32 Å². The average molecular weight is 240 g/mol. The lowest BCUT2D eigenvalue weighted by molar-refractivity contribution is 0.0905. The van der Waals surface area contributed by atoms with E-state index in [0.717, 1.165) is 23.1 Å². The van der Waals surface area contributed by atoms with E-state index in [1.54, 1.807) is 0 Å². The van der Waals surface area contributed by atoms with Crippen LogP contribution in [0.3, 0.4) is 0 Å². The molecule has 4 unspecified atom stereocenters. The Hall–Kier alpha value is 0.270. The first-order valence-electron chi connectivity index (χ1n) is 6.70. The minimum absolute atomic E-state index is 0.415. The Morgan fingerprint density at radius 3 is 2.75 bits per heavy atom. The molecule has 92 valence electrons. The van der Waals surface area contributed by atoms with Gasteiger partial charge in [0.25, 0.3) is 0 Å². The van der Waals surface area contributed by atoms with Crippen LogP contribution in [0.5, 0.6) is 0 Å². The van der Waals surface area contributed by atoms with E-state index in [1.165, 1.54) is 31.8 Å². The topological polar surface area (TPSA) is 15.3 Å². The number of nitrogens with one attached hydrogen (secondary N) is 1. The lowest BCUT2D eigenvalue weighted by Crippen LogP contribution is -2.51. The van der Waals surface area contributed by atoms with Crippen molar-refractivity contribution in [3.63, 3.8) is 0 Å². The number of fused-ring (bicyclic) bond motifs is 1. The normalized spacial score (nSPS) is 47.4. The minimum Gasteiger partial charge on any atom is -0.316 e. The zero-order valence-electron chi connectivity index (χ0n) is 10.7. The monoisotopic (exact) mass is 240 g/mol. The number of hydrogen-bond acceptors (Lipinski definition) is 3. The Morgan fingerprint density at radius 1 is 1.31 bits per heavy atom. The van der Waals surface area contributed by atoms with Crippen LogP contribution in [0.4, 0.5) is 0 Å². The second-order valence-corrected chi connectivity index (χ2v) is 7.75. The SMILES string of the molecule is CC1SCCC1N1CC2CNCC2C1(C)C. The predicted octanol–water partition coefficient (Wildman–Crippen LogP) is 1.81. The summed E-state index contributed by atoms with van der Waals surface area (Å²) in [6.07, 6.45) is 1.40. The second kappa shape index (κ2) is 3.89. The summed E-state index contributed by atoms with van der Waals surface area (Å²) in [5, 5.41) is 4.41. The molecule has 3 saturated heterocycles. The molecule has 1 N–H and O–H groups in total. The molecule has 0 aromatic carbocycles. The van der Waals surface area contributed by atoms with E-state index in [2.05, 4.69) is 42.7 Å². The summed E-state index contributed by atoms with van der Waals surface area (Å²) in [7, 11) is 0. The molecule has 0 saturated carbocycles. The van der Waals surface area contributed by atoms with Crippen molar-refractivity contribution in [3.8, 4) is 0 Å². The Kier molecular flexibility index (Phi) is 2.76. The molecule has 2 nitrogen and oxygen atoms in total. The molecular weight excluding hydrogens is 216 g/mol. The Labute approximate surface area is 104 Å². The summed E-state index contributed by atoms with van der Waals surface area (Å²) >= 11 is 2.16. The van der Waals surface area contributed by atoms with E-state index >= 15 is 0 Å². The van der Waals surface area contributed by atoms with Gasteiger partial charge in [0.1, 0.15) is 0 Å². The zero-order valence-corrected chi connectivity index (χ0v) is 11.5. The molecule has 0 aromatic heterocycles. The third-order valence-electron chi connectivity index (χ3n) is 5.16. The molecule has 3 heteroatoms. The first kappa shape index (κ1) is 11.4. The van der Waals surface area contributed by atoms with Gasteiger partial charge in [-0.1, -0.05) is 6.92 Å². The number of nitrogens with zero attached hydrogens (tertiary/aromatic N) is 1. The molecule has 0 aliphatic carbocycles. The van der Waals surface area contributed by atoms with E-state index in [9.17, 15) is 0 Å². The van der Waals surface area contributed by atoms with Crippen LogP contribution in [0.1, 0.15) is 27.2 Å². The van der Waals surface area contributed by atoms with Gasteiger partial charge in [-0.3, -0.25) is 4.90 Å². The van der Waals surface area contributed by atoms with Crippen LogP contribution in [0.25, 0.3) is 0 Å². The molecule has 3 aliphatic rings. The molecule has 0 bridgehead atoms. The van der Waals surface area contributed by atoms with Crippen molar-refractivity contribution >= 4 is 11.8 Å². The second-order valence-electron chi connectivity index (χ2n) is 6.26. The van der Waals surface area contributed by atoms with Crippen LogP contribution in [0, 0.1) is 11.8 Å². The molecule has 3 rings (SSSR count). The smallest absolute Gasteiger partial charge is 0.0225 e. The van der Waals surface area contributed by atoms with Crippen molar-refractivity contribution in [2.24, 2.45) is 11.8 Å². The van der Waals surface area contributed by atoms with Gasteiger partial charge in [0, 0.05) is 29.9 Å². The molecule has 3 aliphatic heterocycles. The van der Waals surface area contributed by atoms with Gasteiger partial charge < -0.3 is 5.32 Å².